The van der Waals surface area contributed by atoms with E-state index in [1.165, 1.54) is 18.5 Å². The second-order valence-corrected chi connectivity index (χ2v) is 7.38. The van der Waals surface area contributed by atoms with Gasteiger partial charge in [0.15, 0.2) is 0 Å². The van der Waals surface area contributed by atoms with Crippen LogP contribution in [0.15, 0.2) is 30.5 Å². The van der Waals surface area contributed by atoms with Crippen molar-refractivity contribution in [1.82, 2.24) is 14.7 Å². The van der Waals surface area contributed by atoms with Crippen LogP contribution in [0.2, 0.25) is 0 Å². The fourth-order valence-corrected chi connectivity index (χ4v) is 3.71. The van der Waals surface area contributed by atoms with Gasteiger partial charge in [0.05, 0.1) is 18.5 Å². The molecule has 2 heterocycles. The summed E-state index contributed by atoms with van der Waals surface area (Å²) in [6, 6.07) is 7.80. The normalized spacial score (nSPS) is 19.8. The molecule has 2 aliphatic rings. The Kier molecular flexibility index (Phi) is 4.34. The van der Waals surface area contributed by atoms with Crippen molar-refractivity contribution in [3.8, 4) is 0 Å². The van der Waals surface area contributed by atoms with Gasteiger partial charge in [-0.25, -0.2) is 0 Å². The van der Waals surface area contributed by atoms with Crippen molar-refractivity contribution in [2.75, 3.05) is 20.3 Å². The Balaban J connectivity index is 1.59. The van der Waals surface area contributed by atoms with Gasteiger partial charge in [-0.1, -0.05) is 17.7 Å². The second-order valence-electron chi connectivity index (χ2n) is 7.38. The fourth-order valence-electron chi connectivity index (χ4n) is 3.71. The van der Waals surface area contributed by atoms with E-state index >= 15 is 0 Å². The number of hydrogen-bond acceptors (Lipinski definition) is 3. The zero-order chi connectivity index (χ0) is 17.4. The number of carbonyl (C=O) groups excluding carboxylic acids is 1. The van der Waals surface area contributed by atoms with Gasteiger partial charge in [-0.15, -0.1) is 0 Å². The molecule has 0 N–H and O–H groups in total. The Bertz CT molecular complexity index is 762. The van der Waals surface area contributed by atoms with Crippen LogP contribution in [0, 0.1) is 12.8 Å². The molecule has 5 heteroatoms. The first kappa shape index (κ1) is 16.3. The van der Waals surface area contributed by atoms with Crippen LogP contribution in [0.4, 0.5) is 0 Å². The molecular formula is C20H25N3O2. The molecule has 0 bridgehead atoms. The van der Waals surface area contributed by atoms with Crippen LogP contribution in [0.25, 0.3) is 0 Å². The minimum atomic E-state index is 0.0849. The summed E-state index contributed by atoms with van der Waals surface area (Å²) in [5.74, 6) is 1.05. The maximum absolute atomic E-state index is 12.9. The van der Waals surface area contributed by atoms with Crippen LogP contribution < -0.4 is 0 Å². The third kappa shape index (κ3) is 3.33. The summed E-state index contributed by atoms with van der Waals surface area (Å²) in [7, 11) is 1.72. The third-order valence-electron chi connectivity index (χ3n) is 5.23. The summed E-state index contributed by atoms with van der Waals surface area (Å²) in [5, 5.41) is 4.61. The van der Waals surface area contributed by atoms with Crippen LogP contribution in [0.3, 0.4) is 0 Å². The number of hydrogen-bond donors (Lipinski definition) is 0. The van der Waals surface area contributed by atoms with Crippen molar-refractivity contribution in [2.45, 2.75) is 38.8 Å². The van der Waals surface area contributed by atoms with Gasteiger partial charge >= 0.3 is 0 Å². The van der Waals surface area contributed by atoms with Crippen molar-refractivity contribution < 1.29 is 9.53 Å². The number of nitrogens with zero attached hydrogens (tertiary/aromatic N) is 3. The molecule has 1 unspecified atom stereocenters. The standard InChI is InChI=1S/C20H25N3O2/c1-14-3-7-16(8-4-14)20(24)22-11-17-9-21-23(10-15-5-6-15)19(17)18(12-22)13-25-2/h3-4,7-9,15,18H,5-6,10-13H2,1-2H3. The van der Waals surface area contributed by atoms with E-state index < -0.39 is 0 Å². The Labute approximate surface area is 148 Å². The predicted molar refractivity (Wildman–Crippen MR) is 95.5 cm³/mol. The van der Waals surface area contributed by atoms with Crippen LogP contribution >= 0.6 is 0 Å². The average molecular weight is 339 g/mol. The molecule has 1 saturated carbocycles. The number of benzene rings is 1. The summed E-state index contributed by atoms with van der Waals surface area (Å²) >= 11 is 0. The third-order valence-corrected chi connectivity index (χ3v) is 5.23. The largest absolute Gasteiger partial charge is 0.384 e. The van der Waals surface area contributed by atoms with Crippen molar-refractivity contribution in [3.63, 3.8) is 0 Å². The molecule has 1 aromatic heterocycles. The molecule has 0 spiro atoms. The molecule has 1 aliphatic heterocycles. The highest BCUT2D eigenvalue weighted by Crippen LogP contribution is 2.34. The number of methoxy groups -OCH3 is 1. The lowest BCUT2D eigenvalue weighted by Gasteiger charge is -2.33. The second kappa shape index (κ2) is 6.64. The average Bonchev–Trinajstić information content (AvgIpc) is 3.34. The summed E-state index contributed by atoms with van der Waals surface area (Å²) in [4.78, 5) is 14.9. The first-order valence-corrected chi connectivity index (χ1v) is 9.05. The lowest BCUT2D eigenvalue weighted by atomic mass is 9.96. The molecule has 5 nitrogen and oxygen atoms in total. The maximum atomic E-state index is 12.9. The van der Waals surface area contributed by atoms with Gasteiger partial charge < -0.3 is 9.64 Å². The number of fused-ring (bicyclic) bond motifs is 1. The number of aromatic nitrogens is 2. The minimum absolute atomic E-state index is 0.0849. The molecular weight excluding hydrogens is 314 g/mol. The Morgan fingerprint density at radius 1 is 1.28 bits per heavy atom. The number of carbonyl (C=O) groups is 1. The van der Waals surface area contributed by atoms with E-state index in [-0.39, 0.29) is 11.8 Å². The number of rotatable bonds is 5. The molecule has 1 aliphatic carbocycles. The molecule has 132 valence electrons. The Morgan fingerprint density at radius 2 is 2.04 bits per heavy atom. The lowest BCUT2D eigenvalue weighted by Crippen LogP contribution is -2.40. The summed E-state index contributed by atoms with van der Waals surface area (Å²) in [5.41, 5.74) is 4.34. The number of ether oxygens (including phenoxy) is 1. The summed E-state index contributed by atoms with van der Waals surface area (Å²) in [6.45, 7) is 4.96. The van der Waals surface area contributed by atoms with Crippen LogP contribution in [0.1, 0.15) is 45.9 Å². The van der Waals surface area contributed by atoms with E-state index in [1.54, 1.807) is 7.11 Å². The minimum Gasteiger partial charge on any atom is -0.384 e. The molecule has 1 aromatic carbocycles. The molecule has 1 atom stereocenters. The van der Waals surface area contributed by atoms with E-state index in [2.05, 4.69) is 9.78 Å². The zero-order valence-corrected chi connectivity index (χ0v) is 14.9. The van der Waals surface area contributed by atoms with Crippen molar-refractivity contribution in [3.05, 3.63) is 52.8 Å². The van der Waals surface area contributed by atoms with Crippen LogP contribution in [-0.2, 0) is 17.8 Å². The van der Waals surface area contributed by atoms with Crippen molar-refractivity contribution in [1.29, 1.82) is 0 Å². The molecule has 2 aromatic rings. The first-order valence-electron chi connectivity index (χ1n) is 9.05. The smallest absolute Gasteiger partial charge is 0.254 e. The monoisotopic (exact) mass is 339 g/mol. The van der Waals surface area contributed by atoms with E-state index in [0.717, 1.165) is 29.2 Å². The summed E-state index contributed by atoms with van der Waals surface area (Å²) < 4.78 is 7.61. The van der Waals surface area contributed by atoms with E-state index in [0.29, 0.717) is 19.7 Å². The van der Waals surface area contributed by atoms with E-state index in [4.69, 9.17) is 4.74 Å². The number of aryl methyl sites for hydroxylation is 1. The molecule has 0 saturated heterocycles. The predicted octanol–water partition coefficient (Wildman–Crippen LogP) is 2.99. The van der Waals surface area contributed by atoms with Crippen LogP contribution in [0.5, 0.6) is 0 Å². The van der Waals surface area contributed by atoms with Crippen molar-refractivity contribution >= 4 is 5.91 Å². The Morgan fingerprint density at radius 3 is 2.72 bits per heavy atom. The molecule has 1 fully saturated rings. The van der Waals surface area contributed by atoms with Crippen molar-refractivity contribution in [2.24, 2.45) is 5.92 Å². The summed E-state index contributed by atoms with van der Waals surface area (Å²) in [6.07, 6.45) is 4.55. The topological polar surface area (TPSA) is 47.4 Å². The van der Waals surface area contributed by atoms with Gasteiger partial charge in [-0.3, -0.25) is 9.48 Å². The lowest BCUT2D eigenvalue weighted by molar-refractivity contribution is 0.0675. The van der Waals surface area contributed by atoms with Gasteiger partial charge in [0.2, 0.25) is 0 Å². The molecule has 4 rings (SSSR count). The van der Waals surface area contributed by atoms with Gasteiger partial charge in [-0.05, 0) is 37.8 Å². The molecule has 1 amide bonds. The highest BCUT2D eigenvalue weighted by Gasteiger charge is 2.33. The zero-order valence-electron chi connectivity index (χ0n) is 14.9. The Hall–Kier alpha value is -2.14. The number of amides is 1. The van der Waals surface area contributed by atoms with Gasteiger partial charge in [0.1, 0.15) is 0 Å². The maximum Gasteiger partial charge on any atom is 0.254 e. The van der Waals surface area contributed by atoms with Gasteiger partial charge in [0, 0.05) is 43.8 Å². The van der Waals surface area contributed by atoms with E-state index in [1.807, 2.05) is 42.3 Å². The highest BCUT2D eigenvalue weighted by atomic mass is 16.5. The SMILES string of the molecule is COCC1CN(C(=O)c2ccc(C)cc2)Cc2cnn(CC3CC3)c21. The van der Waals surface area contributed by atoms with Gasteiger partial charge in [0.25, 0.3) is 5.91 Å². The quantitative estimate of drug-likeness (QED) is 0.841. The fraction of sp³-hybridized carbons (Fsp3) is 0.500. The highest BCUT2D eigenvalue weighted by molar-refractivity contribution is 5.94. The van der Waals surface area contributed by atoms with Crippen LogP contribution in [-0.4, -0.2) is 40.8 Å². The molecule has 0 radical (unpaired) electrons. The van der Waals surface area contributed by atoms with Gasteiger partial charge in [-0.2, -0.15) is 5.10 Å². The molecule has 25 heavy (non-hydrogen) atoms. The van der Waals surface area contributed by atoms with E-state index in [9.17, 15) is 4.79 Å². The first-order chi connectivity index (χ1) is 12.2.